The van der Waals surface area contributed by atoms with Gasteiger partial charge in [-0.1, -0.05) is 80.2 Å². The molecular formula is C28H52O2. The molecule has 0 aromatic rings. The molecule has 0 radical (unpaired) electrons. The Morgan fingerprint density at radius 2 is 1.17 bits per heavy atom. The molecule has 2 heteroatoms. The van der Waals surface area contributed by atoms with Crippen molar-refractivity contribution in [2.24, 2.45) is 5.92 Å². The van der Waals surface area contributed by atoms with Crippen molar-refractivity contribution in [3.05, 3.63) is 46.6 Å². The quantitative estimate of drug-likeness (QED) is 0.212. The van der Waals surface area contributed by atoms with Crippen LogP contribution in [0.5, 0.6) is 0 Å². The Morgan fingerprint density at radius 3 is 1.57 bits per heavy atom. The maximum Gasteiger partial charge on any atom is 0.0650 e. The minimum atomic E-state index is 0.191. The van der Waals surface area contributed by atoms with Crippen LogP contribution in [0.2, 0.25) is 0 Å². The van der Waals surface area contributed by atoms with Gasteiger partial charge < -0.3 is 9.84 Å². The lowest BCUT2D eigenvalue weighted by atomic mass is 10.0. The van der Waals surface area contributed by atoms with Crippen LogP contribution in [0.3, 0.4) is 0 Å². The Kier molecular flexibility index (Phi) is 23.4. The third kappa shape index (κ3) is 24.9. The van der Waals surface area contributed by atoms with Crippen molar-refractivity contribution in [2.75, 3.05) is 19.8 Å². The maximum absolute atomic E-state index is 8.95. The summed E-state index contributed by atoms with van der Waals surface area (Å²) in [5.74, 6) is 0.221. The maximum atomic E-state index is 8.95. The smallest absolute Gasteiger partial charge is 0.0650 e. The first-order valence-corrected chi connectivity index (χ1v) is 12.0. The molecule has 1 unspecified atom stereocenters. The van der Waals surface area contributed by atoms with E-state index in [9.17, 15) is 0 Å². The van der Waals surface area contributed by atoms with Crippen molar-refractivity contribution in [3.63, 3.8) is 0 Å². The van der Waals surface area contributed by atoms with Crippen molar-refractivity contribution >= 4 is 0 Å². The van der Waals surface area contributed by atoms with Crippen LogP contribution in [0.25, 0.3) is 0 Å². The second-order valence-corrected chi connectivity index (χ2v) is 8.87. The Labute approximate surface area is 189 Å². The van der Waals surface area contributed by atoms with Gasteiger partial charge in [0.05, 0.1) is 13.2 Å². The van der Waals surface area contributed by atoms with Gasteiger partial charge in [-0.2, -0.15) is 0 Å². The highest BCUT2D eigenvalue weighted by Gasteiger charge is 1.98. The summed E-state index contributed by atoms with van der Waals surface area (Å²) in [5.41, 5.74) is 5.77. The van der Waals surface area contributed by atoms with Gasteiger partial charge in [-0.15, -0.1) is 0 Å². The van der Waals surface area contributed by atoms with Crippen molar-refractivity contribution < 1.29 is 9.84 Å². The summed E-state index contributed by atoms with van der Waals surface area (Å²) in [5, 5.41) is 8.95. The van der Waals surface area contributed by atoms with Crippen LogP contribution in [0, 0.1) is 5.92 Å². The average Bonchev–Trinajstić information content (AvgIpc) is 2.70. The molecule has 0 aromatic carbocycles. The van der Waals surface area contributed by atoms with Gasteiger partial charge >= 0.3 is 0 Å². The van der Waals surface area contributed by atoms with Crippen LogP contribution >= 0.6 is 0 Å². The molecular weight excluding hydrogens is 368 g/mol. The molecule has 30 heavy (non-hydrogen) atoms. The molecule has 2 nitrogen and oxygen atoms in total. The molecule has 0 spiro atoms. The highest BCUT2D eigenvalue weighted by Crippen LogP contribution is 2.13. The highest BCUT2D eigenvalue weighted by molar-refractivity contribution is 5.07. The first-order valence-electron chi connectivity index (χ1n) is 12.0. The number of hydrogen-bond acceptors (Lipinski definition) is 2. The summed E-state index contributed by atoms with van der Waals surface area (Å²) in [6, 6.07) is 0. The topological polar surface area (TPSA) is 29.5 Å². The predicted octanol–water partition coefficient (Wildman–Crippen LogP) is 8.58. The lowest BCUT2D eigenvalue weighted by Gasteiger charge is -2.07. The largest absolute Gasteiger partial charge is 0.396 e. The van der Waals surface area contributed by atoms with Gasteiger partial charge in [0.1, 0.15) is 0 Å². The van der Waals surface area contributed by atoms with Gasteiger partial charge in [0.25, 0.3) is 0 Å². The number of unbranched alkanes of at least 4 members (excludes halogenated alkanes) is 1. The number of ether oxygens (including phenoxy) is 1. The summed E-state index contributed by atoms with van der Waals surface area (Å²) in [4.78, 5) is 0. The average molecular weight is 421 g/mol. The lowest BCUT2D eigenvalue weighted by molar-refractivity contribution is 0.0974. The Bertz CT molecular complexity index is 503. The van der Waals surface area contributed by atoms with Gasteiger partial charge in [0, 0.05) is 12.5 Å². The second kappa shape index (κ2) is 22.6. The minimum Gasteiger partial charge on any atom is -0.396 e. The van der Waals surface area contributed by atoms with E-state index in [0.29, 0.717) is 13.2 Å². The van der Waals surface area contributed by atoms with E-state index in [0.717, 1.165) is 32.1 Å². The van der Waals surface area contributed by atoms with Crippen molar-refractivity contribution in [1.29, 1.82) is 0 Å². The van der Waals surface area contributed by atoms with E-state index >= 15 is 0 Å². The summed E-state index contributed by atoms with van der Waals surface area (Å²) in [7, 11) is 0. The molecule has 0 fully saturated rings. The summed E-state index contributed by atoms with van der Waals surface area (Å²) in [6.07, 6.45) is 18.7. The first kappa shape index (κ1) is 31.1. The molecule has 0 aromatic heterocycles. The van der Waals surface area contributed by atoms with E-state index < -0.39 is 0 Å². The molecule has 0 aliphatic carbocycles. The fraction of sp³-hybridized carbons (Fsp3) is 0.714. The van der Waals surface area contributed by atoms with Crippen LogP contribution < -0.4 is 0 Å². The molecule has 1 atom stereocenters. The molecule has 0 amide bonds. The SMILES string of the molecule is CC(C)=CCC/C(C)=C/CC/C(C)=C/CC/C(C)=C/COCC(C)CO.CCCC. The van der Waals surface area contributed by atoms with E-state index in [4.69, 9.17) is 9.84 Å². The van der Waals surface area contributed by atoms with Gasteiger partial charge in [-0.05, 0) is 73.1 Å². The van der Waals surface area contributed by atoms with E-state index in [1.807, 2.05) is 6.92 Å². The lowest BCUT2D eigenvalue weighted by Crippen LogP contribution is -2.09. The summed E-state index contributed by atoms with van der Waals surface area (Å²) in [6.45, 7) is 18.8. The Balaban J connectivity index is 0. The molecule has 0 aliphatic heterocycles. The number of aliphatic hydroxyl groups is 1. The summed E-state index contributed by atoms with van der Waals surface area (Å²) >= 11 is 0. The van der Waals surface area contributed by atoms with E-state index in [2.05, 4.69) is 72.8 Å². The third-order valence-electron chi connectivity index (χ3n) is 4.92. The number of allylic oxidation sites excluding steroid dienone is 7. The number of aliphatic hydroxyl groups excluding tert-OH is 1. The molecule has 0 aliphatic rings. The summed E-state index contributed by atoms with van der Waals surface area (Å²) < 4.78 is 5.54. The molecule has 0 saturated carbocycles. The second-order valence-electron chi connectivity index (χ2n) is 8.87. The van der Waals surface area contributed by atoms with Crippen molar-refractivity contribution in [3.8, 4) is 0 Å². The van der Waals surface area contributed by atoms with Crippen LogP contribution in [-0.4, -0.2) is 24.9 Å². The van der Waals surface area contributed by atoms with Crippen LogP contribution in [0.1, 0.15) is 107 Å². The zero-order valence-corrected chi connectivity index (χ0v) is 21.5. The fourth-order valence-corrected chi connectivity index (χ4v) is 2.51. The Morgan fingerprint density at radius 1 is 0.733 bits per heavy atom. The van der Waals surface area contributed by atoms with Gasteiger partial charge in [-0.3, -0.25) is 0 Å². The molecule has 176 valence electrons. The predicted molar refractivity (Wildman–Crippen MR) is 136 cm³/mol. The first-order chi connectivity index (χ1) is 14.3. The number of rotatable bonds is 15. The number of hydrogen-bond donors (Lipinski definition) is 1. The molecule has 0 bridgehead atoms. The third-order valence-corrected chi connectivity index (χ3v) is 4.92. The molecule has 1 N–H and O–H groups in total. The van der Waals surface area contributed by atoms with Crippen LogP contribution in [0.4, 0.5) is 0 Å². The minimum absolute atomic E-state index is 0.191. The standard InChI is InChI=1S/C24H42O2.C4H10/c1-20(2)10-7-11-21(3)12-8-13-22(4)14-9-15-23(5)16-17-26-19-24(6)18-25;1-3-4-2/h10,12,14,16,24-25H,7-9,11,13,15,17-19H2,1-6H3;3-4H2,1-2H3/b21-12+,22-14+,23-16+;. The van der Waals surface area contributed by atoms with Gasteiger partial charge in [0.2, 0.25) is 0 Å². The molecule has 0 rings (SSSR count). The van der Waals surface area contributed by atoms with Crippen LogP contribution in [-0.2, 0) is 4.74 Å². The van der Waals surface area contributed by atoms with Gasteiger partial charge in [0.15, 0.2) is 0 Å². The van der Waals surface area contributed by atoms with E-state index in [-0.39, 0.29) is 12.5 Å². The highest BCUT2D eigenvalue weighted by atomic mass is 16.5. The monoisotopic (exact) mass is 420 g/mol. The van der Waals surface area contributed by atoms with Crippen molar-refractivity contribution in [2.45, 2.75) is 107 Å². The zero-order valence-electron chi connectivity index (χ0n) is 21.5. The Hall–Kier alpha value is -1.12. The zero-order chi connectivity index (χ0) is 23.2. The van der Waals surface area contributed by atoms with Gasteiger partial charge in [-0.25, -0.2) is 0 Å². The van der Waals surface area contributed by atoms with Crippen molar-refractivity contribution in [1.82, 2.24) is 0 Å². The fourth-order valence-electron chi connectivity index (χ4n) is 2.51. The van der Waals surface area contributed by atoms with E-state index in [1.165, 1.54) is 41.6 Å². The van der Waals surface area contributed by atoms with Crippen LogP contribution in [0.15, 0.2) is 46.6 Å². The normalized spacial score (nSPS) is 13.6. The molecule has 0 heterocycles. The van der Waals surface area contributed by atoms with E-state index in [1.54, 1.807) is 0 Å². The molecule has 0 saturated heterocycles.